The summed E-state index contributed by atoms with van der Waals surface area (Å²) in [6.07, 6.45) is 0.497. The standard InChI is InChI=1S/C5H12FOP/c1-5(2,3-6)7-4-8/h3-4,8H2,1-2H3. The first-order valence-corrected chi connectivity index (χ1v) is 3.34. The predicted molar refractivity (Wildman–Crippen MR) is 35.7 cm³/mol. The van der Waals surface area contributed by atoms with E-state index >= 15 is 0 Å². The van der Waals surface area contributed by atoms with Crippen LogP contribution in [0.15, 0.2) is 0 Å². The molecule has 1 atom stereocenters. The van der Waals surface area contributed by atoms with Gasteiger partial charge in [0.15, 0.2) is 0 Å². The highest BCUT2D eigenvalue weighted by Crippen LogP contribution is 2.09. The highest BCUT2D eigenvalue weighted by molar-refractivity contribution is 7.16. The Kier molecular flexibility index (Phi) is 3.50. The molecule has 0 aliphatic rings. The molecule has 0 rings (SSSR count). The molecule has 0 aromatic heterocycles. The van der Waals surface area contributed by atoms with Gasteiger partial charge in [-0.05, 0) is 13.8 Å². The Balaban J connectivity index is 3.37. The molecule has 1 nitrogen and oxygen atoms in total. The highest BCUT2D eigenvalue weighted by Gasteiger charge is 2.15. The Bertz CT molecular complexity index is 65.4. The Morgan fingerprint density at radius 1 is 1.62 bits per heavy atom. The number of ether oxygens (including phenoxy) is 1. The van der Waals surface area contributed by atoms with E-state index in [1.807, 2.05) is 0 Å². The minimum atomic E-state index is -0.595. The van der Waals surface area contributed by atoms with E-state index in [9.17, 15) is 4.39 Å². The van der Waals surface area contributed by atoms with Crippen molar-refractivity contribution in [3.63, 3.8) is 0 Å². The molecule has 0 heterocycles. The van der Waals surface area contributed by atoms with Crippen LogP contribution in [0.2, 0.25) is 0 Å². The predicted octanol–water partition coefficient (Wildman–Crippen LogP) is 1.58. The van der Waals surface area contributed by atoms with Crippen LogP contribution in [0.25, 0.3) is 0 Å². The molecule has 1 unspecified atom stereocenters. The quantitative estimate of drug-likeness (QED) is 0.538. The second-order valence-corrected chi connectivity index (χ2v) is 2.54. The third-order valence-corrected chi connectivity index (χ3v) is 0.963. The molecular weight excluding hydrogens is 126 g/mol. The average Bonchev–Trinajstić information content (AvgIpc) is 1.67. The molecule has 0 amide bonds. The fraction of sp³-hybridized carbons (Fsp3) is 1.00. The van der Waals surface area contributed by atoms with Gasteiger partial charge in [-0.25, -0.2) is 4.39 Å². The first kappa shape index (κ1) is 8.32. The molecule has 0 bridgehead atoms. The molecular formula is C5H12FOP. The van der Waals surface area contributed by atoms with Crippen molar-refractivity contribution in [2.75, 3.05) is 13.0 Å². The van der Waals surface area contributed by atoms with Gasteiger partial charge in [-0.15, -0.1) is 9.24 Å². The summed E-state index contributed by atoms with van der Waals surface area (Å²) in [6.45, 7) is 3.01. The first-order chi connectivity index (χ1) is 3.62. The SMILES string of the molecule is CC(C)(CF)OCP. The number of hydrogen-bond acceptors (Lipinski definition) is 1. The van der Waals surface area contributed by atoms with Crippen molar-refractivity contribution >= 4 is 9.24 Å². The second-order valence-electron chi connectivity index (χ2n) is 2.20. The average molecular weight is 138 g/mol. The third kappa shape index (κ3) is 3.34. The molecule has 0 fully saturated rings. The molecule has 0 aliphatic heterocycles. The molecule has 0 saturated heterocycles. The summed E-state index contributed by atoms with van der Waals surface area (Å²) in [7, 11) is 2.38. The van der Waals surface area contributed by atoms with E-state index < -0.39 is 12.3 Å². The van der Waals surface area contributed by atoms with Gasteiger partial charge in [-0.1, -0.05) is 0 Å². The van der Waals surface area contributed by atoms with Crippen molar-refractivity contribution in [2.45, 2.75) is 19.4 Å². The van der Waals surface area contributed by atoms with Crippen LogP contribution in [0, 0.1) is 0 Å². The van der Waals surface area contributed by atoms with Crippen molar-refractivity contribution in [3.05, 3.63) is 0 Å². The normalized spacial score (nSPS) is 12.0. The lowest BCUT2D eigenvalue weighted by atomic mass is 10.2. The zero-order valence-electron chi connectivity index (χ0n) is 5.28. The van der Waals surface area contributed by atoms with Crippen LogP contribution in [0.1, 0.15) is 13.8 Å². The summed E-state index contributed by atoms with van der Waals surface area (Å²) < 4.78 is 16.8. The summed E-state index contributed by atoms with van der Waals surface area (Å²) in [5.74, 6) is 0. The van der Waals surface area contributed by atoms with Crippen LogP contribution < -0.4 is 0 Å². The van der Waals surface area contributed by atoms with Crippen LogP contribution in [-0.4, -0.2) is 18.6 Å². The topological polar surface area (TPSA) is 9.23 Å². The molecule has 0 aromatic rings. The van der Waals surface area contributed by atoms with E-state index in [4.69, 9.17) is 4.74 Å². The fourth-order valence-corrected chi connectivity index (χ4v) is 0.715. The van der Waals surface area contributed by atoms with Gasteiger partial charge in [0.1, 0.15) is 6.67 Å². The third-order valence-electron chi connectivity index (χ3n) is 0.796. The lowest BCUT2D eigenvalue weighted by molar-refractivity contribution is -0.00712. The number of alkyl halides is 1. The van der Waals surface area contributed by atoms with E-state index in [1.165, 1.54) is 0 Å². The fourth-order valence-electron chi connectivity index (χ4n) is 0.264. The van der Waals surface area contributed by atoms with Gasteiger partial charge < -0.3 is 4.74 Å². The van der Waals surface area contributed by atoms with Gasteiger partial charge >= 0.3 is 0 Å². The number of rotatable bonds is 3. The van der Waals surface area contributed by atoms with Crippen LogP contribution in [0.3, 0.4) is 0 Å². The maximum atomic E-state index is 11.8. The molecule has 3 heteroatoms. The Morgan fingerprint density at radius 3 is 2.25 bits per heavy atom. The zero-order chi connectivity index (χ0) is 6.62. The van der Waals surface area contributed by atoms with E-state index in [0.29, 0.717) is 6.35 Å². The number of halogens is 1. The second kappa shape index (κ2) is 3.37. The maximum absolute atomic E-state index is 11.8. The Labute approximate surface area is 51.8 Å². The summed E-state index contributed by atoms with van der Waals surface area (Å²) >= 11 is 0. The smallest absolute Gasteiger partial charge is 0.118 e. The minimum Gasteiger partial charge on any atom is -0.369 e. The van der Waals surface area contributed by atoms with Gasteiger partial charge in [-0.2, -0.15) is 0 Å². The van der Waals surface area contributed by atoms with Gasteiger partial charge in [0, 0.05) is 0 Å². The highest BCUT2D eigenvalue weighted by atomic mass is 31.0. The Morgan fingerprint density at radius 2 is 2.12 bits per heavy atom. The van der Waals surface area contributed by atoms with Gasteiger partial charge in [0.05, 0.1) is 11.9 Å². The van der Waals surface area contributed by atoms with Gasteiger partial charge in [-0.3, -0.25) is 0 Å². The van der Waals surface area contributed by atoms with Crippen LogP contribution >= 0.6 is 9.24 Å². The largest absolute Gasteiger partial charge is 0.369 e. The lowest BCUT2D eigenvalue weighted by Crippen LogP contribution is -2.25. The number of hydrogen-bond donors (Lipinski definition) is 0. The van der Waals surface area contributed by atoms with Crippen molar-refractivity contribution in [3.8, 4) is 0 Å². The lowest BCUT2D eigenvalue weighted by Gasteiger charge is -2.19. The molecule has 0 radical (unpaired) electrons. The monoisotopic (exact) mass is 138 g/mol. The van der Waals surface area contributed by atoms with E-state index in [-0.39, 0.29) is 0 Å². The van der Waals surface area contributed by atoms with Crippen LogP contribution in [0.5, 0.6) is 0 Å². The van der Waals surface area contributed by atoms with E-state index in [2.05, 4.69) is 9.24 Å². The first-order valence-electron chi connectivity index (χ1n) is 2.52. The molecule has 0 aromatic carbocycles. The van der Waals surface area contributed by atoms with E-state index in [0.717, 1.165) is 0 Å². The summed E-state index contributed by atoms with van der Waals surface area (Å²) in [4.78, 5) is 0. The molecule has 0 N–H and O–H groups in total. The van der Waals surface area contributed by atoms with Crippen LogP contribution in [0.4, 0.5) is 4.39 Å². The molecule has 50 valence electrons. The maximum Gasteiger partial charge on any atom is 0.118 e. The van der Waals surface area contributed by atoms with E-state index in [1.54, 1.807) is 13.8 Å². The van der Waals surface area contributed by atoms with Crippen molar-refractivity contribution in [1.29, 1.82) is 0 Å². The molecule has 0 aliphatic carbocycles. The van der Waals surface area contributed by atoms with Gasteiger partial charge in [0.2, 0.25) is 0 Å². The molecule has 0 saturated carbocycles. The van der Waals surface area contributed by atoms with Gasteiger partial charge in [0.25, 0.3) is 0 Å². The zero-order valence-corrected chi connectivity index (χ0v) is 6.43. The molecule has 8 heavy (non-hydrogen) atoms. The molecule has 0 spiro atoms. The minimum absolute atomic E-state index is 0.429. The van der Waals surface area contributed by atoms with Crippen molar-refractivity contribution in [1.82, 2.24) is 0 Å². The van der Waals surface area contributed by atoms with Crippen molar-refractivity contribution < 1.29 is 9.13 Å². The Hall–Kier alpha value is 0.320. The van der Waals surface area contributed by atoms with Crippen molar-refractivity contribution in [2.24, 2.45) is 0 Å². The summed E-state index contributed by atoms with van der Waals surface area (Å²) in [5, 5.41) is 0. The summed E-state index contributed by atoms with van der Waals surface area (Å²) in [5.41, 5.74) is -0.595. The van der Waals surface area contributed by atoms with Crippen LogP contribution in [-0.2, 0) is 4.74 Å². The summed E-state index contributed by atoms with van der Waals surface area (Å²) in [6, 6.07) is 0.